The van der Waals surface area contributed by atoms with E-state index in [1.807, 2.05) is 30.3 Å². The summed E-state index contributed by atoms with van der Waals surface area (Å²) in [6.07, 6.45) is 2.96. The molecule has 5 heteroatoms. The SMILES string of the molecule is CCOC(=O)c1coc(-c2cnc3ccccc3c2)n1. The molecule has 0 unspecified atom stereocenters. The average Bonchev–Trinajstić information content (AvgIpc) is 2.97. The van der Waals surface area contributed by atoms with E-state index < -0.39 is 5.97 Å². The second-order valence-corrected chi connectivity index (χ2v) is 4.18. The molecule has 2 heterocycles. The van der Waals surface area contributed by atoms with Gasteiger partial charge in [0, 0.05) is 11.6 Å². The Morgan fingerprint density at radius 1 is 1.35 bits per heavy atom. The fourth-order valence-corrected chi connectivity index (χ4v) is 1.89. The molecule has 100 valence electrons. The van der Waals surface area contributed by atoms with Crippen LogP contribution < -0.4 is 0 Å². The summed E-state index contributed by atoms with van der Waals surface area (Å²) in [7, 11) is 0. The van der Waals surface area contributed by atoms with Gasteiger partial charge in [-0.05, 0) is 19.1 Å². The minimum Gasteiger partial charge on any atom is -0.461 e. The van der Waals surface area contributed by atoms with E-state index in [1.54, 1.807) is 13.1 Å². The molecule has 0 bridgehead atoms. The van der Waals surface area contributed by atoms with Gasteiger partial charge in [-0.25, -0.2) is 9.78 Å². The van der Waals surface area contributed by atoms with E-state index in [4.69, 9.17) is 9.15 Å². The summed E-state index contributed by atoms with van der Waals surface area (Å²) in [4.78, 5) is 20.0. The zero-order valence-electron chi connectivity index (χ0n) is 10.9. The van der Waals surface area contributed by atoms with Crippen LogP contribution in [-0.2, 0) is 4.74 Å². The first-order chi connectivity index (χ1) is 9.78. The number of para-hydroxylation sites is 1. The van der Waals surface area contributed by atoms with Crippen molar-refractivity contribution in [2.75, 3.05) is 6.61 Å². The van der Waals surface area contributed by atoms with Crippen LogP contribution >= 0.6 is 0 Å². The van der Waals surface area contributed by atoms with Crippen LogP contribution in [0.15, 0.2) is 47.2 Å². The van der Waals surface area contributed by atoms with Crippen molar-refractivity contribution >= 4 is 16.9 Å². The van der Waals surface area contributed by atoms with Gasteiger partial charge < -0.3 is 9.15 Å². The molecule has 0 N–H and O–H groups in total. The lowest BCUT2D eigenvalue weighted by Gasteiger charge is -1.99. The number of ether oxygens (including phenoxy) is 1. The van der Waals surface area contributed by atoms with Gasteiger partial charge in [0.25, 0.3) is 0 Å². The molecule has 0 aliphatic heterocycles. The Hall–Kier alpha value is -2.69. The molecular formula is C15H12N2O3. The molecule has 3 aromatic rings. The standard InChI is InChI=1S/C15H12N2O3/c1-2-19-15(18)13-9-20-14(17-13)11-7-10-5-3-4-6-12(10)16-8-11/h3-9H,2H2,1H3. The predicted octanol–water partition coefficient (Wildman–Crippen LogP) is 3.07. The molecule has 0 spiro atoms. The van der Waals surface area contributed by atoms with E-state index in [2.05, 4.69) is 9.97 Å². The largest absolute Gasteiger partial charge is 0.461 e. The third-order valence-electron chi connectivity index (χ3n) is 2.83. The number of fused-ring (bicyclic) bond motifs is 1. The van der Waals surface area contributed by atoms with Gasteiger partial charge in [0.15, 0.2) is 5.69 Å². The number of carbonyl (C=O) groups excluding carboxylic acids is 1. The maximum atomic E-state index is 11.5. The van der Waals surface area contributed by atoms with Gasteiger partial charge in [0.2, 0.25) is 5.89 Å². The lowest BCUT2D eigenvalue weighted by Crippen LogP contribution is -2.04. The molecule has 0 atom stereocenters. The van der Waals surface area contributed by atoms with Crippen molar-refractivity contribution in [1.29, 1.82) is 0 Å². The fraction of sp³-hybridized carbons (Fsp3) is 0.133. The summed E-state index contributed by atoms with van der Waals surface area (Å²) in [5.74, 6) is -0.137. The second kappa shape index (κ2) is 5.13. The molecule has 0 saturated carbocycles. The summed E-state index contributed by atoms with van der Waals surface area (Å²) in [5.41, 5.74) is 1.78. The molecule has 3 rings (SSSR count). The minimum atomic E-state index is -0.490. The maximum absolute atomic E-state index is 11.5. The highest BCUT2D eigenvalue weighted by atomic mass is 16.5. The number of aromatic nitrogens is 2. The van der Waals surface area contributed by atoms with Gasteiger partial charge in [0.05, 0.1) is 17.7 Å². The number of oxazole rings is 1. The molecule has 20 heavy (non-hydrogen) atoms. The van der Waals surface area contributed by atoms with Crippen molar-refractivity contribution in [2.45, 2.75) is 6.92 Å². The van der Waals surface area contributed by atoms with Crippen molar-refractivity contribution in [1.82, 2.24) is 9.97 Å². The van der Waals surface area contributed by atoms with E-state index in [-0.39, 0.29) is 5.69 Å². The van der Waals surface area contributed by atoms with Gasteiger partial charge >= 0.3 is 5.97 Å². The topological polar surface area (TPSA) is 65.2 Å². The third kappa shape index (κ3) is 2.25. The van der Waals surface area contributed by atoms with Crippen LogP contribution in [0, 0.1) is 0 Å². The summed E-state index contributed by atoms with van der Waals surface area (Å²) >= 11 is 0. The first kappa shape index (κ1) is 12.3. The monoisotopic (exact) mass is 268 g/mol. The molecule has 0 fully saturated rings. The molecule has 5 nitrogen and oxygen atoms in total. The molecule has 2 aromatic heterocycles. The molecule has 0 amide bonds. The lowest BCUT2D eigenvalue weighted by atomic mass is 10.1. The first-order valence-electron chi connectivity index (χ1n) is 6.25. The van der Waals surface area contributed by atoms with E-state index in [1.165, 1.54) is 6.26 Å². The molecule has 0 saturated heterocycles. The van der Waals surface area contributed by atoms with Crippen LogP contribution in [0.2, 0.25) is 0 Å². The zero-order valence-corrected chi connectivity index (χ0v) is 10.9. The van der Waals surface area contributed by atoms with Crippen molar-refractivity contribution < 1.29 is 13.9 Å². The zero-order chi connectivity index (χ0) is 13.9. The first-order valence-corrected chi connectivity index (χ1v) is 6.25. The number of carbonyl (C=O) groups is 1. The van der Waals surface area contributed by atoms with Crippen LogP contribution in [0.3, 0.4) is 0 Å². The van der Waals surface area contributed by atoms with E-state index in [0.717, 1.165) is 16.5 Å². The number of pyridine rings is 1. The Labute approximate surface area is 115 Å². The highest BCUT2D eigenvalue weighted by Gasteiger charge is 2.14. The van der Waals surface area contributed by atoms with E-state index in [0.29, 0.717) is 12.5 Å². The van der Waals surface area contributed by atoms with Crippen molar-refractivity contribution in [3.8, 4) is 11.5 Å². The van der Waals surface area contributed by atoms with Crippen molar-refractivity contribution in [3.05, 3.63) is 48.5 Å². The average molecular weight is 268 g/mol. The van der Waals surface area contributed by atoms with Crippen LogP contribution in [0.5, 0.6) is 0 Å². The Bertz CT molecular complexity index is 764. The normalized spacial score (nSPS) is 10.7. The van der Waals surface area contributed by atoms with Gasteiger partial charge in [-0.2, -0.15) is 0 Å². The summed E-state index contributed by atoms with van der Waals surface area (Å²) < 4.78 is 10.2. The predicted molar refractivity (Wildman–Crippen MR) is 73.2 cm³/mol. The molecule has 0 aliphatic rings. The van der Waals surface area contributed by atoms with Crippen LogP contribution in [0.4, 0.5) is 0 Å². The Balaban J connectivity index is 1.96. The summed E-state index contributed by atoms with van der Waals surface area (Å²) in [5, 5.41) is 0.987. The Kier molecular flexibility index (Phi) is 3.16. The van der Waals surface area contributed by atoms with Gasteiger partial charge in [-0.1, -0.05) is 18.2 Å². The number of hydrogen-bond acceptors (Lipinski definition) is 5. The highest BCUT2D eigenvalue weighted by molar-refractivity contribution is 5.88. The Morgan fingerprint density at radius 2 is 2.20 bits per heavy atom. The fourth-order valence-electron chi connectivity index (χ4n) is 1.89. The highest BCUT2D eigenvalue weighted by Crippen LogP contribution is 2.22. The van der Waals surface area contributed by atoms with Crippen molar-refractivity contribution in [3.63, 3.8) is 0 Å². The molecule has 1 aromatic carbocycles. The number of nitrogens with zero attached hydrogens (tertiary/aromatic N) is 2. The number of hydrogen-bond donors (Lipinski definition) is 0. The Morgan fingerprint density at radius 3 is 3.05 bits per heavy atom. The summed E-state index contributed by atoms with van der Waals surface area (Å²) in [6.45, 7) is 2.05. The molecular weight excluding hydrogens is 256 g/mol. The molecule has 0 radical (unpaired) electrons. The minimum absolute atomic E-state index is 0.162. The van der Waals surface area contributed by atoms with Crippen molar-refractivity contribution in [2.24, 2.45) is 0 Å². The lowest BCUT2D eigenvalue weighted by molar-refractivity contribution is 0.0519. The van der Waals surface area contributed by atoms with Gasteiger partial charge in [0.1, 0.15) is 6.26 Å². The number of esters is 1. The van der Waals surface area contributed by atoms with E-state index in [9.17, 15) is 4.79 Å². The quantitative estimate of drug-likeness (QED) is 0.683. The van der Waals surface area contributed by atoms with Gasteiger partial charge in [-0.3, -0.25) is 4.98 Å². The van der Waals surface area contributed by atoms with Gasteiger partial charge in [-0.15, -0.1) is 0 Å². The number of rotatable bonds is 3. The van der Waals surface area contributed by atoms with Crippen LogP contribution in [-0.4, -0.2) is 22.5 Å². The number of benzene rings is 1. The smallest absolute Gasteiger partial charge is 0.360 e. The third-order valence-corrected chi connectivity index (χ3v) is 2.83. The maximum Gasteiger partial charge on any atom is 0.360 e. The second-order valence-electron chi connectivity index (χ2n) is 4.18. The van der Waals surface area contributed by atoms with E-state index >= 15 is 0 Å². The summed E-state index contributed by atoms with van der Waals surface area (Å²) in [6, 6.07) is 9.68. The van der Waals surface area contributed by atoms with Crippen LogP contribution in [0.1, 0.15) is 17.4 Å². The molecule has 0 aliphatic carbocycles. The van der Waals surface area contributed by atoms with Crippen LogP contribution in [0.25, 0.3) is 22.4 Å².